The maximum atomic E-state index is 15.0. The number of hydrogen-bond donors (Lipinski definition) is 2. The van der Waals surface area contributed by atoms with Crippen LogP contribution in [0.5, 0.6) is 0 Å². The second-order valence-corrected chi connectivity index (χ2v) is 10.7. The Bertz CT molecular complexity index is 990. The lowest BCUT2D eigenvalue weighted by Crippen LogP contribution is -2.53. The van der Waals surface area contributed by atoms with Crippen LogP contribution in [0.2, 0.25) is 0 Å². The molecule has 2 aromatic carbocycles. The van der Waals surface area contributed by atoms with Gasteiger partial charge in [-0.1, -0.05) is 42.5 Å². The van der Waals surface area contributed by atoms with Crippen LogP contribution in [0, 0.1) is 5.82 Å². The molecule has 0 amide bonds. The molecule has 0 spiro atoms. The standard InChI is InChI=1S/C23H28FNO4S/c1-16-21(30(27,28)22(15-25-16)17-5-3-2-4-6-17)13-18-7-8-19(14-20(18)24)23(26)9-11-29-12-10-23/h2-8,14,16,21-22,25-26H,9-13,15H2,1H3/t16-,21?,22-/m0/s1. The van der Waals surface area contributed by atoms with Gasteiger partial charge in [-0.05, 0) is 36.1 Å². The van der Waals surface area contributed by atoms with Gasteiger partial charge in [0, 0.05) is 38.6 Å². The van der Waals surface area contributed by atoms with E-state index in [-0.39, 0.29) is 12.5 Å². The van der Waals surface area contributed by atoms with E-state index in [9.17, 15) is 17.9 Å². The molecule has 2 N–H and O–H groups in total. The number of halogens is 1. The molecule has 2 aromatic rings. The van der Waals surface area contributed by atoms with Gasteiger partial charge < -0.3 is 15.2 Å². The van der Waals surface area contributed by atoms with Crippen molar-refractivity contribution in [3.8, 4) is 0 Å². The lowest BCUT2D eigenvalue weighted by Gasteiger charge is -2.36. The summed E-state index contributed by atoms with van der Waals surface area (Å²) in [5.41, 5.74) is 0.526. The van der Waals surface area contributed by atoms with Crippen LogP contribution in [0.25, 0.3) is 0 Å². The fraction of sp³-hybridized carbons (Fsp3) is 0.478. The van der Waals surface area contributed by atoms with Crippen LogP contribution in [0.15, 0.2) is 48.5 Å². The van der Waals surface area contributed by atoms with E-state index < -0.39 is 31.8 Å². The molecule has 0 aromatic heterocycles. The van der Waals surface area contributed by atoms with Crippen LogP contribution in [0.4, 0.5) is 4.39 Å². The molecular formula is C23H28FNO4S. The quantitative estimate of drug-likeness (QED) is 0.776. The molecule has 2 saturated heterocycles. The van der Waals surface area contributed by atoms with Crippen molar-refractivity contribution in [2.75, 3.05) is 19.8 Å². The zero-order valence-corrected chi connectivity index (χ0v) is 17.9. The van der Waals surface area contributed by atoms with E-state index in [1.54, 1.807) is 12.1 Å². The maximum absolute atomic E-state index is 15.0. The first-order chi connectivity index (χ1) is 14.3. The maximum Gasteiger partial charge on any atom is 0.163 e. The topological polar surface area (TPSA) is 75.6 Å². The van der Waals surface area contributed by atoms with Gasteiger partial charge in [-0.25, -0.2) is 12.8 Å². The van der Waals surface area contributed by atoms with Crippen LogP contribution >= 0.6 is 0 Å². The summed E-state index contributed by atoms with van der Waals surface area (Å²) in [5, 5.41) is 12.7. The van der Waals surface area contributed by atoms with E-state index in [1.165, 1.54) is 6.07 Å². The second-order valence-electron chi connectivity index (χ2n) is 8.38. The van der Waals surface area contributed by atoms with Crippen molar-refractivity contribution in [2.24, 2.45) is 0 Å². The Labute approximate surface area is 177 Å². The average Bonchev–Trinajstić information content (AvgIpc) is 2.73. The third kappa shape index (κ3) is 4.04. The van der Waals surface area contributed by atoms with Crippen molar-refractivity contribution in [1.29, 1.82) is 0 Å². The van der Waals surface area contributed by atoms with Gasteiger partial charge in [0.15, 0.2) is 9.84 Å². The summed E-state index contributed by atoms with van der Waals surface area (Å²) in [4.78, 5) is 0. The molecule has 5 nitrogen and oxygen atoms in total. The number of benzene rings is 2. The van der Waals surface area contributed by atoms with E-state index in [4.69, 9.17) is 4.74 Å². The molecule has 2 aliphatic heterocycles. The number of sulfone groups is 1. The van der Waals surface area contributed by atoms with Crippen molar-refractivity contribution < 1.29 is 22.7 Å². The number of rotatable bonds is 4. The highest BCUT2D eigenvalue weighted by atomic mass is 32.2. The van der Waals surface area contributed by atoms with Gasteiger partial charge in [-0.3, -0.25) is 0 Å². The average molecular weight is 434 g/mol. The lowest BCUT2D eigenvalue weighted by atomic mass is 9.85. The zero-order chi connectivity index (χ0) is 21.4. The molecular weight excluding hydrogens is 405 g/mol. The van der Waals surface area contributed by atoms with Gasteiger partial charge in [0.05, 0.1) is 16.1 Å². The SMILES string of the molecule is C[C@@H]1NC[C@@H](c2ccccc2)S(=O)(=O)C1Cc1ccc(C2(O)CCOCC2)cc1F. The molecule has 0 radical (unpaired) electrons. The van der Waals surface area contributed by atoms with E-state index in [2.05, 4.69) is 5.32 Å². The first-order valence-electron chi connectivity index (χ1n) is 10.4. The van der Waals surface area contributed by atoms with E-state index in [0.717, 1.165) is 5.56 Å². The summed E-state index contributed by atoms with van der Waals surface area (Å²) >= 11 is 0. The van der Waals surface area contributed by atoms with Crippen molar-refractivity contribution in [3.63, 3.8) is 0 Å². The van der Waals surface area contributed by atoms with Gasteiger partial charge >= 0.3 is 0 Å². The normalized spacial score (nSPS) is 28.2. The molecule has 1 unspecified atom stereocenters. The summed E-state index contributed by atoms with van der Waals surface area (Å²) in [6, 6.07) is 13.6. The molecule has 7 heteroatoms. The smallest absolute Gasteiger partial charge is 0.163 e. The predicted octanol–water partition coefficient (Wildman–Crippen LogP) is 2.88. The summed E-state index contributed by atoms with van der Waals surface area (Å²) in [5.74, 6) is -0.475. The molecule has 0 bridgehead atoms. The molecule has 4 rings (SSSR count). The van der Waals surface area contributed by atoms with E-state index in [0.29, 0.717) is 43.7 Å². The fourth-order valence-corrected chi connectivity index (χ4v) is 6.89. The minimum absolute atomic E-state index is 0.0908. The Hall–Kier alpha value is -1.80. The van der Waals surface area contributed by atoms with Crippen LogP contribution in [0.1, 0.15) is 41.7 Å². The van der Waals surface area contributed by atoms with Crippen LogP contribution in [-0.2, 0) is 26.6 Å². The first-order valence-corrected chi connectivity index (χ1v) is 12.0. The van der Waals surface area contributed by atoms with Gasteiger partial charge in [0.1, 0.15) is 5.82 Å². The Morgan fingerprint density at radius 1 is 1.17 bits per heavy atom. The van der Waals surface area contributed by atoms with Crippen LogP contribution in [-0.4, -0.2) is 44.6 Å². The monoisotopic (exact) mass is 433 g/mol. The predicted molar refractivity (Wildman–Crippen MR) is 113 cm³/mol. The Balaban J connectivity index is 1.59. The van der Waals surface area contributed by atoms with Gasteiger partial charge in [0.25, 0.3) is 0 Å². The van der Waals surface area contributed by atoms with Crippen molar-refractivity contribution in [1.82, 2.24) is 5.32 Å². The minimum atomic E-state index is -3.52. The number of hydrogen-bond acceptors (Lipinski definition) is 5. The second kappa shape index (κ2) is 8.38. The zero-order valence-electron chi connectivity index (χ0n) is 17.1. The third-order valence-electron chi connectivity index (χ3n) is 6.50. The number of ether oxygens (including phenoxy) is 1. The highest BCUT2D eigenvalue weighted by Crippen LogP contribution is 2.35. The molecule has 2 fully saturated rings. The molecule has 2 heterocycles. The number of aliphatic hydroxyl groups is 1. The summed E-state index contributed by atoms with van der Waals surface area (Å²) in [6.45, 7) is 3.05. The van der Waals surface area contributed by atoms with Gasteiger partial charge in [0.2, 0.25) is 0 Å². The molecule has 0 saturated carbocycles. The number of nitrogens with one attached hydrogen (secondary N) is 1. The molecule has 30 heavy (non-hydrogen) atoms. The first kappa shape index (κ1) is 21.4. The fourth-order valence-electron chi connectivity index (χ4n) is 4.52. The Morgan fingerprint density at radius 2 is 1.87 bits per heavy atom. The van der Waals surface area contributed by atoms with E-state index >= 15 is 0 Å². The van der Waals surface area contributed by atoms with Gasteiger partial charge in [-0.15, -0.1) is 0 Å². The Kier molecular flexibility index (Phi) is 5.99. The van der Waals surface area contributed by atoms with Crippen LogP contribution < -0.4 is 5.32 Å². The summed E-state index contributed by atoms with van der Waals surface area (Å²) in [7, 11) is -3.52. The van der Waals surface area contributed by atoms with Crippen molar-refractivity contribution >= 4 is 9.84 Å². The summed E-state index contributed by atoms with van der Waals surface area (Å²) < 4.78 is 47.0. The van der Waals surface area contributed by atoms with Crippen molar-refractivity contribution in [2.45, 2.75) is 48.3 Å². The Morgan fingerprint density at radius 3 is 2.53 bits per heavy atom. The molecule has 0 aliphatic carbocycles. The van der Waals surface area contributed by atoms with Gasteiger partial charge in [-0.2, -0.15) is 0 Å². The summed E-state index contributed by atoms with van der Waals surface area (Å²) in [6.07, 6.45) is 0.929. The molecule has 3 atom stereocenters. The van der Waals surface area contributed by atoms with E-state index in [1.807, 2.05) is 37.3 Å². The molecule has 2 aliphatic rings. The molecule has 162 valence electrons. The lowest BCUT2D eigenvalue weighted by molar-refractivity contribution is -0.0680. The third-order valence-corrected chi connectivity index (χ3v) is 9.16. The van der Waals surface area contributed by atoms with Crippen molar-refractivity contribution in [3.05, 3.63) is 71.0 Å². The van der Waals surface area contributed by atoms with Crippen LogP contribution in [0.3, 0.4) is 0 Å². The highest BCUT2D eigenvalue weighted by molar-refractivity contribution is 7.92. The largest absolute Gasteiger partial charge is 0.385 e. The highest BCUT2D eigenvalue weighted by Gasteiger charge is 2.42. The minimum Gasteiger partial charge on any atom is -0.385 e.